The maximum absolute atomic E-state index is 11.9. The van der Waals surface area contributed by atoms with E-state index in [1.807, 2.05) is 32.0 Å². The topological polar surface area (TPSA) is 46.2 Å². The van der Waals surface area contributed by atoms with Crippen molar-refractivity contribution in [1.29, 1.82) is 0 Å². The Morgan fingerprint density at radius 3 is 2.18 bits per heavy atom. The summed E-state index contributed by atoms with van der Waals surface area (Å²) in [6.45, 7) is 7.41. The average molecular weight is 233 g/mol. The van der Waals surface area contributed by atoms with Gasteiger partial charge in [0, 0.05) is 12.0 Å². The van der Waals surface area contributed by atoms with Crippen molar-refractivity contribution in [2.24, 2.45) is 0 Å². The lowest BCUT2D eigenvalue weighted by Gasteiger charge is -2.12. The molecule has 1 aromatic carbocycles. The molecule has 3 nitrogen and oxygen atoms in total. The molecule has 0 spiro atoms. The Kier molecular flexibility index (Phi) is 4.44. The molecule has 1 atom stereocenters. The summed E-state index contributed by atoms with van der Waals surface area (Å²) in [5.74, 6) is -0.145. The molecule has 0 saturated carbocycles. The summed E-state index contributed by atoms with van der Waals surface area (Å²) in [5.41, 5.74) is 2.70. The summed E-state index contributed by atoms with van der Waals surface area (Å²) < 4.78 is 0. The van der Waals surface area contributed by atoms with E-state index in [1.165, 1.54) is 0 Å². The SMILES string of the molecule is CCC(=O)C(C)NC(=O)c1cc(C)cc(C)c1. The molecule has 0 bridgehead atoms. The van der Waals surface area contributed by atoms with Gasteiger partial charge in [-0.1, -0.05) is 24.1 Å². The minimum atomic E-state index is -0.423. The van der Waals surface area contributed by atoms with Crippen molar-refractivity contribution in [3.63, 3.8) is 0 Å². The van der Waals surface area contributed by atoms with E-state index in [2.05, 4.69) is 5.32 Å². The van der Waals surface area contributed by atoms with E-state index in [0.717, 1.165) is 11.1 Å². The van der Waals surface area contributed by atoms with Crippen molar-refractivity contribution < 1.29 is 9.59 Å². The van der Waals surface area contributed by atoms with E-state index in [9.17, 15) is 9.59 Å². The third-order valence-corrected chi connectivity index (χ3v) is 2.66. The van der Waals surface area contributed by atoms with E-state index < -0.39 is 6.04 Å². The Hall–Kier alpha value is -1.64. The van der Waals surface area contributed by atoms with Crippen LogP contribution in [0.2, 0.25) is 0 Å². The van der Waals surface area contributed by atoms with Crippen LogP contribution < -0.4 is 5.32 Å². The number of carbonyl (C=O) groups excluding carboxylic acids is 2. The Morgan fingerprint density at radius 1 is 1.18 bits per heavy atom. The number of hydrogen-bond acceptors (Lipinski definition) is 2. The molecular weight excluding hydrogens is 214 g/mol. The predicted molar refractivity (Wildman–Crippen MR) is 68.1 cm³/mol. The highest BCUT2D eigenvalue weighted by Gasteiger charge is 2.15. The summed E-state index contributed by atoms with van der Waals surface area (Å²) in [6, 6.07) is 5.24. The zero-order chi connectivity index (χ0) is 13.0. The molecule has 1 aromatic rings. The second-order valence-corrected chi connectivity index (χ2v) is 4.39. The number of aryl methyl sites for hydroxylation is 2. The second kappa shape index (κ2) is 5.62. The van der Waals surface area contributed by atoms with Crippen LogP contribution in [0.1, 0.15) is 41.8 Å². The fraction of sp³-hybridized carbons (Fsp3) is 0.429. The largest absolute Gasteiger partial charge is 0.343 e. The van der Waals surface area contributed by atoms with Gasteiger partial charge in [-0.3, -0.25) is 9.59 Å². The van der Waals surface area contributed by atoms with Gasteiger partial charge in [-0.25, -0.2) is 0 Å². The van der Waals surface area contributed by atoms with Gasteiger partial charge in [-0.2, -0.15) is 0 Å². The molecular formula is C14H19NO2. The highest BCUT2D eigenvalue weighted by atomic mass is 16.2. The molecule has 0 radical (unpaired) electrons. The molecule has 1 amide bonds. The molecule has 1 rings (SSSR count). The van der Waals surface area contributed by atoms with Gasteiger partial charge in [0.15, 0.2) is 5.78 Å². The number of nitrogens with one attached hydrogen (secondary N) is 1. The van der Waals surface area contributed by atoms with E-state index >= 15 is 0 Å². The minimum Gasteiger partial charge on any atom is -0.343 e. The summed E-state index contributed by atoms with van der Waals surface area (Å²) in [5, 5.41) is 2.71. The number of ketones is 1. The molecule has 0 aromatic heterocycles. The minimum absolute atomic E-state index is 0.0442. The number of carbonyl (C=O) groups is 2. The van der Waals surface area contributed by atoms with Crippen molar-refractivity contribution in [3.8, 4) is 0 Å². The normalized spacial score (nSPS) is 12.0. The Bertz CT molecular complexity index is 418. The van der Waals surface area contributed by atoms with E-state index in [-0.39, 0.29) is 11.7 Å². The molecule has 1 unspecified atom stereocenters. The summed E-state index contributed by atoms with van der Waals surface area (Å²) in [6.07, 6.45) is 0.439. The lowest BCUT2D eigenvalue weighted by molar-refractivity contribution is -0.120. The fourth-order valence-corrected chi connectivity index (χ4v) is 1.77. The molecule has 3 heteroatoms. The molecule has 17 heavy (non-hydrogen) atoms. The highest BCUT2D eigenvalue weighted by molar-refractivity contribution is 5.98. The number of hydrogen-bond donors (Lipinski definition) is 1. The van der Waals surface area contributed by atoms with Crippen LogP contribution in [0.5, 0.6) is 0 Å². The van der Waals surface area contributed by atoms with Crippen LogP contribution in [0.25, 0.3) is 0 Å². The zero-order valence-corrected chi connectivity index (χ0v) is 10.8. The van der Waals surface area contributed by atoms with Gasteiger partial charge in [0.1, 0.15) is 0 Å². The first kappa shape index (κ1) is 13.4. The molecule has 0 heterocycles. The standard InChI is InChI=1S/C14H19NO2/c1-5-13(16)11(4)15-14(17)12-7-9(2)6-10(3)8-12/h6-8,11H,5H2,1-4H3,(H,15,17). The molecule has 92 valence electrons. The quantitative estimate of drug-likeness (QED) is 0.868. The first-order valence-corrected chi connectivity index (χ1v) is 5.86. The Morgan fingerprint density at radius 2 is 1.71 bits per heavy atom. The van der Waals surface area contributed by atoms with Crippen LogP contribution in [0.15, 0.2) is 18.2 Å². The average Bonchev–Trinajstić information content (AvgIpc) is 2.26. The van der Waals surface area contributed by atoms with Gasteiger partial charge < -0.3 is 5.32 Å². The molecule has 0 fully saturated rings. The van der Waals surface area contributed by atoms with Crippen LogP contribution in [-0.2, 0) is 4.79 Å². The summed E-state index contributed by atoms with van der Waals surface area (Å²) in [4.78, 5) is 23.3. The Labute approximate surface area is 102 Å². The number of benzene rings is 1. The van der Waals surface area contributed by atoms with Gasteiger partial charge >= 0.3 is 0 Å². The lowest BCUT2D eigenvalue weighted by atomic mass is 10.1. The first-order chi connectivity index (χ1) is 7.93. The van der Waals surface area contributed by atoms with Crippen molar-refractivity contribution in [1.82, 2.24) is 5.32 Å². The summed E-state index contributed by atoms with van der Waals surface area (Å²) >= 11 is 0. The zero-order valence-electron chi connectivity index (χ0n) is 10.8. The lowest BCUT2D eigenvalue weighted by Crippen LogP contribution is -2.38. The number of Topliss-reactive ketones (excluding diaryl/α,β-unsaturated/α-hetero) is 1. The van der Waals surface area contributed by atoms with Crippen LogP contribution in [-0.4, -0.2) is 17.7 Å². The third kappa shape index (κ3) is 3.70. The van der Waals surface area contributed by atoms with Crippen LogP contribution in [0, 0.1) is 13.8 Å². The van der Waals surface area contributed by atoms with Gasteiger partial charge in [0.05, 0.1) is 6.04 Å². The van der Waals surface area contributed by atoms with Crippen molar-refractivity contribution in [2.45, 2.75) is 40.2 Å². The van der Waals surface area contributed by atoms with E-state index in [1.54, 1.807) is 13.8 Å². The van der Waals surface area contributed by atoms with Crippen molar-refractivity contribution in [3.05, 3.63) is 34.9 Å². The maximum Gasteiger partial charge on any atom is 0.251 e. The molecule has 0 saturated heterocycles. The molecule has 0 aliphatic carbocycles. The maximum atomic E-state index is 11.9. The van der Waals surface area contributed by atoms with Crippen molar-refractivity contribution >= 4 is 11.7 Å². The third-order valence-electron chi connectivity index (χ3n) is 2.66. The molecule has 1 N–H and O–H groups in total. The van der Waals surface area contributed by atoms with E-state index in [0.29, 0.717) is 12.0 Å². The van der Waals surface area contributed by atoms with Gasteiger partial charge in [-0.05, 0) is 32.9 Å². The van der Waals surface area contributed by atoms with Crippen LogP contribution in [0.3, 0.4) is 0 Å². The van der Waals surface area contributed by atoms with Gasteiger partial charge in [0.2, 0.25) is 0 Å². The van der Waals surface area contributed by atoms with Gasteiger partial charge in [-0.15, -0.1) is 0 Å². The first-order valence-electron chi connectivity index (χ1n) is 5.86. The monoisotopic (exact) mass is 233 g/mol. The van der Waals surface area contributed by atoms with Crippen LogP contribution >= 0.6 is 0 Å². The number of amides is 1. The highest BCUT2D eigenvalue weighted by Crippen LogP contribution is 2.09. The van der Waals surface area contributed by atoms with Gasteiger partial charge in [0.25, 0.3) is 5.91 Å². The predicted octanol–water partition coefficient (Wildman–Crippen LogP) is 2.40. The number of rotatable bonds is 4. The summed E-state index contributed by atoms with van der Waals surface area (Å²) in [7, 11) is 0. The fourth-order valence-electron chi connectivity index (χ4n) is 1.77. The Balaban J connectivity index is 2.79. The second-order valence-electron chi connectivity index (χ2n) is 4.39. The molecule has 0 aliphatic heterocycles. The molecule has 0 aliphatic rings. The smallest absolute Gasteiger partial charge is 0.251 e. The van der Waals surface area contributed by atoms with Crippen LogP contribution in [0.4, 0.5) is 0 Å². The van der Waals surface area contributed by atoms with Crippen molar-refractivity contribution in [2.75, 3.05) is 0 Å². The van der Waals surface area contributed by atoms with E-state index in [4.69, 9.17) is 0 Å².